The Kier molecular flexibility index (Phi) is 4.74. The van der Waals surface area contributed by atoms with Crippen LogP contribution in [-0.2, 0) is 11.3 Å². The number of carbonyl (C=O) groups is 1. The van der Waals surface area contributed by atoms with Gasteiger partial charge in [0, 0.05) is 17.6 Å². The Balaban J connectivity index is 2.35. The summed E-state index contributed by atoms with van der Waals surface area (Å²) in [6.07, 6.45) is -1.13. The molecule has 0 aliphatic carbocycles. The second-order valence-corrected chi connectivity index (χ2v) is 4.09. The fraction of sp³-hybridized carbons (Fsp3) is 0.300. The highest BCUT2D eigenvalue weighted by Crippen LogP contribution is 2.11. The molecule has 0 fully saturated rings. The number of aliphatic hydroxyl groups is 1. The summed E-state index contributed by atoms with van der Waals surface area (Å²) < 4.78 is 0.997. The molecule has 0 aliphatic heterocycles. The number of hydrogen-bond acceptors (Lipinski definition) is 3. The number of rotatable bonds is 5. The minimum absolute atomic E-state index is 0.168. The molecule has 4 N–H and O–H groups in total. The first kappa shape index (κ1) is 12.2. The van der Waals surface area contributed by atoms with Crippen LogP contribution in [0.3, 0.4) is 0 Å². The topological polar surface area (TPSA) is 75.4 Å². The van der Waals surface area contributed by atoms with Gasteiger partial charge in [-0.05, 0) is 17.7 Å². The fourth-order valence-electron chi connectivity index (χ4n) is 1.10. The Labute approximate surface area is 96.6 Å². The van der Waals surface area contributed by atoms with Crippen LogP contribution in [-0.4, -0.2) is 23.7 Å². The third kappa shape index (κ3) is 4.42. The van der Waals surface area contributed by atoms with E-state index in [1.807, 2.05) is 24.3 Å². The van der Waals surface area contributed by atoms with Crippen molar-refractivity contribution >= 4 is 21.8 Å². The van der Waals surface area contributed by atoms with E-state index < -0.39 is 12.0 Å². The van der Waals surface area contributed by atoms with E-state index in [1.165, 1.54) is 0 Å². The zero-order chi connectivity index (χ0) is 11.3. The van der Waals surface area contributed by atoms with Crippen LogP contribution in [0.1, 0.15) is 5.56 Å². The molecule has 1 amide bonds. The van der Waals surface area contributed by atoms with Crippen molar-refractivity contribution in [3.8, 4) is 0 Å². The molecule has 0 aliphatic rings. The van der Waals surface area contributed by atoms with Crippen LogP contribution in [0.2, 0.25) is 0 Å². The number of hydrogen-bond donors (Lipinski definition) is 3. The van der Waals surface area contributed by atoms with Gasteiger partial charge in [0.1, 0.15) is 6.10 Å². The number of nitrogens with two attached hydrogens (primary N) is 1. The molecule has 0 spiro atoms. The average Bonchev–Trinajstić information content (AvgIpc) is 2.17. The second-order valence-electron chi connectivity index (χ2n) is 3.18. The smallest absolute Gasteiger partial charge is 0.247 e. The lowest BCUT2D eigenvalue weighted by molar-refractivity contribution is -0.125. The van der Waals surface area contributed by atoms with Gasteiger partial charge in [-0.2, -0.15) is 0 Å². The monoisotopic (exact) mass is 272 g/mol. The second kappa shape index (κ2) is 5.85. The number of aliphatic hydroxyl groups excluding tert-OH is 1. The highest BCUT2D eigenvalue weighted by molar-refractivity contribution is 9.10. The summed E-state index contributed by atoms with van der Waals surface area (Å²) in [6, 6.07) is 7.77. The Hall–Kier alpha value is -0.910. The summed E-state index contributed by atoms with van der Waals surface area (Å²) >= 11 is 3.35. The Morgan fingerprint density at radius 1 is 1.60 bits per heavy atom. The number of amides is 1. The average molecular weight is 273 g/mol. The first-order valence-electron chi connectivity index (χ1n) is 4.52. The number of benzene rings is 1. The molecule has 0 saturated heterocycles. The van der Waals surface area contributed by atoms with Crippen molar-refractivity contribution < 1.29 is 9.90 Å². The summed E-state index contributed by atoms with van der Waals surface area (Å²) in [4.78, 5) is 10.5. The molecule has 0 saturated carbocycles. The fourth-order valence-corrected chi connectivity index (χ4v) is 1.55. The minimum Gasteiger partial charge on any atom is -0.382 e. The zero-order valence-electron chi connectivity index (χ0n) is 8.11. The van der Waals surface area contributed by atoms with Crippen LogP contribution >= 0.6 is 15.9 Å². The van der Waals surface area contributed by atoms with Crippen molar-refractivity contribution in [2.45, 2.75) is 12.6 Å². The van der Waals surface area contributed by atoms with Crippen molar-refractivity contribution in [2.24, 2.45) is 5.73 Å². The number of nitrogens with one attached hydrogen (secondary N) is 1. The van der Waals surface area contributed by atoms with Crippen LogP contribution in [0.5, 0.6) is 0 Å². The van der Waals surface area contributed by atoms with Gasteiger partial charge in [0.05, 0.1) is 0 Å². The van der Waals surface area contributed by atoms with E-state index in [0.717, 1.165) is 10.0 Å². The van der Waals surface area contributed by atoms with Gasteiger partial charge in [0.25, 0.3) is 0 Å². The molecular formula is C10H13BrN2O2. The van der Waals surface area contributed by atoms with Crippen molar-refractivity contribution in [2.75, 3.05) is 6.54 Å². The Morgan fingerprint density at radius 3 is 2.93 bits per heavy atom. The van der Waals surface area contributed by atoms with Gasteiger partial charge in [0.2, 0.25) is 5.91 Å². The van der Waals surface area contributed by atoms with E-state index in [-0.39, 0.29) is 6.54 Å². The van der Waals surface area contributed by atoms with E-state index in [4.69, 9.17) is 10.8 Å². The van der Waals surface area contributed by atoms with Crippen LogP contribution < -0.4 is 11.1 Å². The third-order valence-electron chi connectivity index (χ3n) is 1.88. The van der Waals surface area contributed by atoms with Crippen molar-refractivity contribution in [1.29, 1.82) is 0 Å². The summed E-state index contributed by atoms with van der Waals surface area (Å²) in [5.41, 5.74) is 5.97. The molecule has 1 aromatic rings. The van der Waals surface area contributed by atoms with Crippen molar-refractivity contribution in [1.82, 2.24) is 5.32 Å². The molecule has 1 aromatic carbocycles. The lowest BCUT2D eigenvalue weighted by Crippen LogP contribution is -2.37. The van der Waals surface area contributed by atoms with Gasteiger partial charge in [-0.1, -0.05) is 28.1 Å². The maximum Gasteiger partial charge on any atom is 0.247 e. The SMILES string of the molecule is NC(=O)C(O)CNCc1cccc(Br)c1. The van der Waals surface area contributed by atoms with Gasteiger partial charge in [-0.25, -0.2) is 0 Å². The van der Waals surface area contributed by atoms with E-state index in [1.54, 1.807) is 0 Å². The van der Waals surface area contributed by atoms with E-state index in [9.17, 15) is 4.79 Å². The molecule has 0 heterocycles. The predicted octanol–water partition coefficient (Wildman–Crippen LogP) is 0.385. The predicted molar refractivity (Wildman–Crippen MR) is 61.0 cm³/mol. The Morgan fingerprint density at radius 2 is 2.33 bits per heavy atom. The van der Waals surface area contributed by atoms with Crippen molar-refractivity contribution in [3.05, 3.63) is 34.3 Å². The molecule has 15 heavy (non-hydrogen) atoms. The van der Waals surface area contributed by atoms with Gasteiger partial charge >= 0.3 is 0 Å². The highest BCUT2D eigenvalue weighted by Gasteiger charge is 2.09. The van der Waals surface area contributed by atoms with Gasteiger partial charge < -0.3 is 16.2 Å². The van der Waals surface area contributed by atoms with Gasteiger partial charge in [-0.3, -0.25) is 4.79 Å². The summed E-state index contributed by atoms with van der Waals surface area (Å²) in [5, 5.41) is 12.1. The molecule has 5 heteroatoms. The van der Waals surface area contributed by atoms with Crippen LogP contribution in [0.4, 0.5) is 0 Å². The lowest BCUT2D eigenvalue weighted by atomic mass is 10.2. The lowest BCUT2D eigenvalue weighted by Gasteiger charge is -2.08. The van der Waals surface area contributed by atoms with Crippen LogP contribution in [0, 0.1) is 0 Å². The number of carbonyl (C=O) groups excluding carboxylic acids is 1. The summed E-state index contributed by atoms with van der Waals surface area (Å²) in [5.74, 6) is -0.711. The maximum absolute atomic E-state index is 10.5. The van der Waals surface area contributed by atoms with E-state index in [0.29, 0.717) is 6.54 Å². The molecule has 82 valence electrons. The standard InChI is InChI=1S/C10H13BrN2O2/c11-8-3-1-2-7(4-8)5-13-6-9(14)10(12)15/h1-4,9,13-14H,5-6H2,(H2,12,15). The third-order valence-corrected chi connectivity index (χ3v) is 2.38. The molecule has 1 atom stereocenters. The molecule has 1 unspecified atom stereocenters. The van der Waals surface area contributed by atoms with Crippen LogP contribution in [0.25, 0.3) is 0 Å². The summed E-state index contributed by atoms with van der Waals surface area (Å²) in [7, 11) is 0. The first-order valence-corrected chi connectivity index (χ1v) is 5.31. The molecule has 0 bridgehead atoms. The molecule has 0 aromatic heterocycles. The summed E-state index contributed by atoms with van der Waals surface area (Å²) in [6.45, 7) is 0.756. The molecule has 4 nitrogen and oxygen atoms in total. The van der Waals surface area contributed by atoms with Crippen molar-refractivity contribution in [3.63, 3.8) is 0 Å². The molecular weight excluding hydrogens is 260 g/mol. The number of halogens is 1. The largest absolute Gasteiger partial charge is 0.382 e. The van der Waals surface area contributed by atoms with Crippen LogP contribution in [0.15, 0.2) is 28.7 Å². The number of primary amides is 1. The molecule has 1 rings (SSSR count). The highest BCUT2D eigenvalue weighted by atomic mass is 79.9. The zero-order valence-corrected chi connectivity index (χ0v) is 9.70. The quantitative estimate of drug-likeness (QED) is 0.726. The van der Waals surface area contributed by atoms with E-state index >= 15 is 0 Å². The Bertz CT molecular complexity index is 344. The van der Waals surface area contributed by atoms with Gasteiger partial charge in [0.15, 0.2) is 0 Å². The maximum atomic E-state index is 10.5. The first-order chi connectivity index (χ1) is 7.09. The molecule has 0 radical (unpaired) electrons. The van der Waals surface area contributed by atoms with E-state index in [2.05, 4.69) is 21.2 Å². The normalized spacial score (nSPS) is 12.4. The van der Waals surface area contributed by atoms with Gasteiger partial charge in [-0.15, -0.1) is 0 Å². The minimum atomic E-state index is -1.13.